The molecule has 1 fully saturated rings. The molecule has 0 atom stereocenters. The van der Waals surface area contributed by atoms with E-state index in [0.717, 1.165) is 31.0 Å². The fourth-order valence-corrected chi connectivity index (χ4v) is 2.83. The van der Waals surface area contributed by atoms with Crippen LogP contribution in [0.4, 0.5) is 0 Å². The molecule has 1 aliphatic rings. The van der Waals surface area contributed by atoms with Crippen molar-refractivity contribution in [3.8, 4) is 0 Å². The Labute approximate surface area is 110 Å². The molecule has 102 valence electrons. The highest BCUT2D eigenvalue weighted by atomic mass is 16.5. The van der Waals surface area contributed by atoms with Crippen molar-refractivity contribution in [2.45, 2.75) is 70.3 Å². The third kappa shape index (κ3) is 3.31. The van der Waals surface area contributed by atoms with Crippen molar-refractivity contribution < 1.29 is 4.52 Å². The fourth-order valence-electron chi connectivity index (χ4n) is 2.83. The summed E-state index contributed by atoms with van der Waals surface area (Å²) < 4.78 is 5.39. The number of aryl methyl sites for hydroxylation is 1. The average molecular weight is 251 g/mol. The molecule has 1 aromatic heterocycles. The molecule has 0 aliphatic heterocycles. The topological polar surface area (TPSA) is 51.0 Å². The lowest BCUT2D eigenvalue weighted by molar-refractivity contribution is 0.221. The first-order valence-corrected chi connectivity index (χ1v) is 7.28. The van der Waals surface area contributed by atoms with Crippen LogP contribution in [-0.2, 0) is 12.8 Å². The molecule has 1 aromatic rings. The highest BCUT2D eigenvalue weighted by Crippen LogP contribution is 2.30. The molecule has 0 unspecified atom stereocenters. The molecule has 2 rings (SSSR count). The first-order valence-electron chi connectivity index (χ1n) is 7.28. The van der Waals surface area contributed by atoms with Gasteiger partial charge >= 0.3 is 0 Å². The minimum atomic E-state index is 0.187. The van der Waals surface area contributed by atoms with Gasteiger partial charge in [0.15, 0.2) is 5.82 Å². The van der Waals surface area contributed by atoms with E-state index < -0.39 is 0 Å². The van der Waals surface area contributed by atoms with Crippen molar-refractivity contribution in [3.63, 3.8) is 0 Å². The van der Waals surface area contributed by atoms with Crippen molar-refractivity contribution >= 4 is 0 Å². The molecule has 0 bridgehead atoms. The van der Waals surface area contributed by atoms with Crippen LogP contribution in [0.2, 0.25) is 0 Å². The van der Waals surface area contributed by atoms with Gasteiger partial charge in [0.25, 0.3) is 0 Å². The highest BCUT2D eigenvalue weighted by Gasteiger charge is 2.32. The van der Waals surface area contributed by atoms with Gasteiger partial charge in [-0.3, -0.25) is 0 Å². The van der Waals surface area contributed by atoms with Crippen LogP contribution in [0.3, 0.4) is 0 Å². The summed E-state index contributed by atoms with van der Waals surface area (Å²) >= 11 is 0. The van der Waals surface area contributed by atoms with Crippen molar-refractivity contribution in [2.75, 3.05) is 7.05 Å². The number of rotatable bonds is 6. The molecule has 0 aromatic carbocycles. The lowest BCUT2D eigenvalue weighted by Crippen LogP contribution is -2.46. The standard InChI is InChI=1S/C14H25N3O/c1-3-4-8-12-16-13(18-17-12)11-14(15-2)9-6-5-7-10-14/h15H,3-11H2,1-2H3. The van der Waals surface area contributed by atoms with Crippen LogP contribution >= 0.6 is 0 Å². The Morgan fingerprint density at radius 1 is 1.28 bits per heavy atom. The van der Waals surface area contributed by atoms with E-state index in [4.69, 9.17) is 4.52 Å². The molecule has 4 heteroatoms. The highest BCUT2D eigenvalue weighted by molar-refractivity contribution is 4.99. The second kappa shape index (κ2) is 6.32. The van der Waals surface area contributed by atoms with Gasteiger partial charge in [0.2, 0.25) is 5.89 Å². The van der Waals surface area contributed by atoms with Gasteiger partial charge in [-0.2, -0.15) is 4.98 Å². The van der Waals surface area contributed by atoms with E-state index >= 15 is 0 Å². The maximum atomic E-state index is 5.39. The molecule has 1 aliphatic carbocycles. The van der Waals surface area contributed by atoms with Crippen molar-refractivity contribution in [1.29, 1.82) is 0 Å². The van der Waals surface area contributed by atoms with Crippen LogP contribution in [0.25, 0.3) is 0 Å². The minimum absolute atomic E-state index is 0.187. The summed E-state index contributed by atoms with van der Waals surface area (Å²) in [7, 11) is 2.06. The van der Waals surface area contributed by atoms with Gasteiger partial charge in [-0.15, -0.1) is 0 Å². The molecule has 0 amide bonds. The van der Waals surface area contributed by atoms with E-state index in [1.807, 2.05) is 0 Å². The summed E-state index contributed by atoms with van der Waals surface area (Å²) in [5.74, 6) is 1.67. The predicted octanol–water partition coefficient (Wildman–Crippen LogP) is 2.88. The van der Waals surface area contributed by atoms with E-state index in [0.29, 0.717) is 0 Å². The van der Waals surface area contributed by atoms with Crippen LogP contribution in [0, 0.1) is 0 Å². The maximum Gasteiger partial charge on any atom is 0.228 e. The molecule has 4 nitrogen and oxygen atoms in total. The molecular weight excluding hydrogens is 226 g/mol. The Morgan fingerprint density at radius 3 is 2.72 bits per heavy atom. The number of hydrogen-bond donors (Lipinski definition) is 1. The molecule has 1 saturated carbocycles. The lowest BCUT2D eigenvalue weighted by atomic mass is 9.79. The van der Waals surface area contributed by atoms with Crippen LogP contribution in [0.1, 0.15) is 63.6 Å². The summed E-state index contributed by atoms with van der Waals surface area (Å²) in [6, 6.07) is 0. The quantitative estimate of drug-likeness (QED) is 0.844. The van der Waals surface area contributed by atoms with Gasteiger partial charge in [0.1, 0.15) is 0 Å². The van der Waals surface area contributed by atoms with Crippen LogP contribution in [-0.4, -0.2) is 22.7 Å². The Morgan fingerprint density at radius 2 is 2.06 bits per heavy atom. The van der Waals surface area contributed by atoms with Gasteiger partial charge in [-0.05, 0) is 26.3 Å². The molecule has 0 saturated heterocycles. The zero-order valence-electron chi connectivity index (χ0n) is 11.7. The lowest BCUT2D eigenvalue weighted by Gasteiger charge is -2.36. The third-order valence-electron chi connectivity index (χ3n) is 4.09. The SMILES string of the molecule is CCCCc1noc(CC2(NC)CCCCC2)n1. The van der Waals surface area contributed by atoms with Gasteiger partial charge in [-0.1, -0.05) is 37.8 Å². The fraction of sp³-hybridized carbons (Fsp3) is 0.857. The van der Waals surface area contributed by atoms with Crippen molar-refractivity contribution in [3.05, 3.63) is 11.7 Å². The maximum absolute atomic E-state index is 5.39. The van der Waals surface area contributed by atoms with Crippen LogP contribution < -0.4 is 5.32 Å². The Bertz CT molecular complexity index is 356. The summed E-state index contributed by atoms with van der Waals surface area (Å²) in [4.78, 5) is 4.52. The van der Waals surface area contributed by atoms with E-state index in [2.05, 4.69) is 29.4 Å². The molecule has 1 N–H and O–H groups in total. The van der Waals surface area contributed by atoms with E-state index in [1.54, 1.807) is 0 Å². The largest absolute Gasteiger partial charge is 0.339 e. The molecule has 1 heterocycles. The third-order valence-corrected chi connectivity index (χ3v) is 4.09. The number of nitrogens with zero attached hydrogens (tertiary/aromatic N) is 2. The first-order chi connectivity index (χ1) is 8.78. The van der Waals surface area contributed by atoms with E-state index in [9.17, 15) is 0 Å². The van der Waals surface area contributed by atoms with Crippen molar-refractivity contribution in [2.24, 2.45) is 0 Å². The summed E-state index contributed by atoms with van der Waals surface area (Å²) in [5, 5.41) is 7.56. The Hall–Kier alpha value is -0.900. The smallest absolute Gasteiger partial charge is 0.228 e. The number of hydrogen-bond acceptors (Lipinski definition) is 4. The summed E-state index contributed by atoms with van der Waals surface area (Å²) in [6.07, 6.45) is 10.5. The number of likely N-dealkylation sites (N-methyl/N-ethyl adjacent to an activating group) is 1. The van der Waals surface area contributed by atoms with E-state index in [-0.39, 0.29) is 5.54 Å². The zero-order chi connectivity index (χ0) is 12.8. The van der Waals surface area contributed by atoms with Crippen molar-refractivity contribution in [1.82, 2.24) is 15.5 Å². The van der Waals surface area contributed by atoms with Crippen LogP contribution in [0.15, 0.2) is 4.52 Å². The Kier molecular flexibility index (Phi) is 4.75. The average Bonchev–Trinajstić information content (AvgIpc) is 2.85. The summed E-state index contributed by atoms with van der Waals surface area (Å²) in [6.45, 7) is 2.18. The van der Waals surface area contributed by atoms with Crippen LogP contribution in [0.5, 0.6) is 0 Å². The number of nitrogens with one attached hydrogen (secondary N) is 1. The normalized spacial score (nSPS) is 19.0. The van der Waals surface area contributed by atoms with Gasteiger partial charge in [0, 0.05) is 18.4 Å². The zero-order valence-corrected chi connectivity index (χ0v) is 11.7. The molecular formula is C14H25N3O. The van der Waals surface area contributed by atoms with Gasteiger partial charge in [0.05, 0.1) is 0 Å². The van der Waals surface area contributed by atoms with Gasteiger partial charge in [-0.25, -0.2) is 0 Å². The Balaban J connectivity index is 1.96. The number of unbranched alkanes of at least 4 members (excludes halogenated alkanes) is 1. The first kappa shape index (κ1) is 13.5. The molecule has 0 radical (unpaired) electrons. The second-order valence-corrected chi connectivity index (χ2v) is 5.48. The number of aromatic nitrogens is 2. The predicted molar refractivity (Wildman–Crippen MR) is 71.5 cm³/mol. The minimum Gasteiger partial charge on any atom is -0.339 e. The van der Waals surface area contributed by atoms with E-state index in [1.165, 1.54) is 38.5 Å². The monoisotopic (exact) mass is 251 g/mol. The second-order valence-electron chi connectivity index (χ2n) is 5.48. The molecule has 0 spiro atoms. The summed E-state index contributed by atoms with van der Waals surface area (Å²) in [5.41, 5.74) is 0.187. The van der Waals surface area contributed by atoms with Gasteiger partial charge < -0.3 is 9.84 Å². The molecule has 18 heavy (non-hydrogen) atoms.